The van der Waals surface area contributed by atoms with Gasteiger partial charge in [0.15, 0.2) is 0 Å². The third-order valence-electron chi connectivity index (χ3n) is 2.71. The lowest BCUT2D eigenvalue weighted by Gasteiger charge is -2.22. The lowest BCUT2D eigenvalue weighted by molar-refractivity contribution is 0.319. The summed E-state index contributed by atoms with van der Waals surface area (Å²) >= 11 is 2.33. The van der Waals surface area contributed by atoms with Crippen LogP contribution in [0, 0.1) is 3.57 Å². The van der Waals surface area contributed by atoms with Gasteiger partial charge in [-0.3, -0.25) is 0 Å². The van der Waals surface area contributed by atoms with Crippen molar-refractivity contribution in [2.45, 2.75) is 25.2 Å². The fourth-order valence-electron chi connectivity index (χ4n) is 2.06. The first-order valence-electron chi connectivity index (χ1n) is 4.77. The van der Waals surface area contributed by atoms with E-state index < -0.39 is 0 Å². The van der Waals surface area contributed by atoms with Gasteiger partial charge in [0.1, 0.15) is 0 Å². The van der Waals surface area contributed by atoms with E-state index in [0.29, 0.717) is 5.92 Å². The van der Waals surface area contributed by atoms with E-state index in [2.05, 4.69) is 45.9 Å². The van der Waals surface area contributed by atoms with Crippen LogP contribution in [-0.4, -0.2) is 11.4 Å². The molecule has 0 aliphatic heterocycles. The molecule has 1 aliphatic carbocycles. The Morgan fingerprint density at radius 3 is 3.14 bits per heavy atom. The highest BCUT2D eigenvalue weighted by atomic mass is 127. The molecule has 0 bridgehead atoms. The molecule has 1 aliphatic rings. The van der Waals surface area contributed by atoms with Crippen molar-refractivity contribution in [2.75, 3.05) is 0 Å². The first-order chi connectivity index (χ1) is 6.81. The van der Waals surface area contributed by atoms with E-state index in [0.717, 1.165) is 12.8 Å². The van der Waals surface area contributed by atoms with Crippen molar-refractivity contribution in [1.29, 1.82) is 0 Å². The summed E-state index contributed by atoms with van der Waals surface area (Å²) in [5.74, 6) is 0.306. The second-order valence-electron chi connectivity index (χ2n) is 3.61. The zero-order chi connectivity index (χ0) is 9.97. The van der Waals surface area contributed by atoms with Crippen LogP contribution in [0.5, 0.6) is 0 Å². The molecule has 1 unspecified atom stereocenters. The van der Waals surface area contributed by atoms with E-state index >= 15 is 0 Å². The van der Waals surface area contributed by atoms with Gasteiger partial charge in [-0.25, -0.2) is 0 Å². The van der Waals surface area contributed by atoms with Gasteiger partial charge < -0.3 is 5.21 Å². The molecule has 1 atom stereocenters. The average molecular weight is 301 g/mol. The van der Waals surface area contributed by atoms with Crippen molar-refractivity contribution < 1.29 is 5.21 Å². The molecule has 1 aromatic rings. The molecule has 0 fully saturated rings. The number of benzene rings is 1. The lowest BCUT2D eigenvalue weighted by atomic mass is 9.84. The number of nitrogens with zero attached hydrogens (tertiary/aromatic N) is 1. The highest BCUT2D eigenvalue weighted by Gasteiger charge is 2.18. The lowest BCUT2D eigenvalue weighted by Crippen LogP contribution is -2.11. The van der Waals surface area contributed by atoms with Gasteiger partial charge in [0.2, 0.25) is 0 Å². The van der Waals surface area contributed by atoms with E-state index in [9.17, 15) is 0 Å². The van der Waals surface area contributed by atoms with E-state index in [1.807, 2.05) is 0 Å². The maximum absolute atomic E-state index is 8.57. The molecular weight excluding hydrogens is 289 g/mol. The van der Waals surface area contributed by atoms with Gasteiger partial charge in [0.05, 0.1) is 6.21 Å². The number of halogens is 1. The van der Waals surface area contributed by atoms with Crippen molar-refractivity contribution in [2.24, 2.45) is 5.16 Å². The summed E-state index contributed by atoms with van der Waals surface area (Å²) in [6.07, 6.45) is 5.08. The number of hydrogen-bond donors (Lipinski definition) is 1. The Bertz CT molecular complexity index is 362. The molecular formula is C11H12INO. The minimum Gasteiger partial charge on any atom is -0.411 e. The predicted molar refractivity (Wildman–Crippen MR) is 65.1 cm³/mol. The highest BCUT2D eigenvalue weighted by Crippen LogP contribution is 2.31. The summed E-state index contributed by atoms with van der Waals surface area (Å²) in [4.78, 5) is 0. The highest BCUT2D eigenvalue weighted by molar-refractivity contribution is 14.1. The van der Waals surface area contributed by atoms with Crippen LogP contribution in [0.2, 0.25) is 0 Å². The molecule has 0 radical (unpaired) electrons. The minimum absolute atomic E-state index is 0.306. The van der Waals surface area contributed by atoms with Crippen LogP contribution in [0.1, 0.15) is 29.9 Å². The Labute approximate surface area is 97.2 Å². The Hall–Kier alpha value is -0.580. The van der Waals surface area contributed by atoms with Gasteiger partial charge in [0, 0.05) is 9.49 Å². The number of hydrogen-bond acceptors (Lipinski definition) is 2. The molecule has 2 rings (SSSR count). The summed E-state index contributed by atoms with van der Waals surface area (Å²) < 4.78 is 1.28. The smallest absolute Gasteiger partial charge is 0.0510 e. The Morgan fingerprint density at radius 1 is 1.50 bits per heavy atom. The van der Waals surface area contributed by atoms with Crippen LogP contribution in [0.3, 0.4) is 0 Å². The standard InChI is InChI=1S/C11H12INO/c12-10-4-5-11-8(6-10)2-1-3-9(11)7-13-14/h4-7,9,14H,1-3H2/b13-7+. The van der Waals surface area contributed by atoms with Crippen LogP contribution in [0.4, 0.5) is 0 Å². The third-order valence-corrected chi connectivity index (χ3v) is 3.38. The fourth-order valence-corrected chi connectivity index (χ4v) is 2.61. The summed E-state index contributed by atoms with van der Waals surface area (Å²) in [7, 11) is 0. The summed E-state index contributed by atoms with van der Waals surface area (Å²) in [5, 5.41) is 11.7. The van der Waals surface area contributed by atoms with Gasteiger partial charge >= 0.3 is 0 Å². The molecule has 0 heterocycles. The van der Waals surface area contributed by atoms with E-state index in [1.165, 1.54) is 21.1 Å². The van der Waals surface area contributed by atoms with Crippen molar-refractivity contribution >= 4 is 28.8 Å². The average Bonchev–Trinajstić information content (AvgIpc) is 2.18. The Balaban J connectivity index is 2.39. The predicted octanol–water partition coefficient (Wildman–Crippen LogP) is 3.17. The van der Waals surface area contributed by atoms with Gasteiger partial charge in [-0.1, -0.05) is 6.07 Å². The zero-order valence-corrected chi connectivity index (χ0v) is 9.94. The summed E-state index contributed by atoms with van der Waals surface area (Å²) in [6, 6.07) is 6.50. The van der Waals surface area contributed by atoms with E-state index in [-0.39, 0.29) is 0 Å². The van der Waals surface area contributed by atoms with Gasteiger partial charge in [0.25, 0.3) is 0 Å². The summed E-state index contributed by atoms with van der Waals surface area (Å²) in [5.41, 5.74) is 2.74. The van der Waals surface area contributed by atoms with Crippen molar-refractivity contribution in [3.8, 4) is 0 Å². The molecule has 2 nitrogen and oxygen atoms in total. The van der Waals surface area contributed by atoms with Gasteiger partial charge in [-0.05, 0) is 65.1 Å². The van der Waals surface area contributed by atoms with E-state index in [1.54, 1.807) is 6.21 Å². The van der Waals surface area contributed by atoms with Crippen molar-refractivity contribution in [1.82, 2.24) is 0 Å². The minimum atomic E-state index is 0.306. The van der Waals surface area contributed by atoms with Crippen LogP contribution < -0.4 is 0 Å². The molecule has 0 aromatic heterocycles. The zero-order valence-electron chi connectivity index (χ0n) is 7.78. The molecule has 1 N–H and O–H groups in total. The normalized spacial score (nSPS) is 21.1. The molecule has 0 spiro atoms. The Kier molecular flexibility index (Phi) is 3.05. The van der Waals surface area contributed by atoms with Crippen molar-refractivity contribution in [3.05, 3.63) is 32.9 Å². The maximum Gasteiger partial charge on any atom is 0.0510 e. The third kappa shape index (κ3) is 1.92. The Morgan fingerprint density at radius 2 is 2.36 bits per heavy atom. The summed E-state index contributed by atoms with van der Waals surface area (Å²) in [6.45, 7) is 0. The molecule has 1 aromatic carbocycles. The number of fused-ring (bicyclic) bond motifs is 1. The fraction of sp³-hybridized carbons (Fsp3) is 0.364. The molecule has 0 saturated heterocycles. The molecule has 74 valence electrons. The first kappa shape index (κ1) is 9.96. The second-order valence-corrected chi connectivity index (χ2v) is 4.85. The maximum atomic E-state index is 8.57. The van der Waals surface area contributed by atoms with Crippen LogP contribution in [0.25, 0.3) is 0 Å². The molecule has 3 heteroatoms. The van der Waals surface area contributed by atoms with Crippen molar-refractivity contribution in [3.63, 3.8) is 0 Å². The largest absolute Gasteiger partial charge is 0.411 e. The van der Waals surface area contributed by atoms with Gasteiger partial charge in [-0.15, -0.1) is 5.16 Å². The van der Waals surface area contributed by atoms with Crippen LogP contribution >= 0.6 is 22.6 Å². The monoisotopic (exact) mass is 301 g/mol. The first-order valence-corrected chi connectivity index (χ1v) is 5.85. The molecule has 0 amide bonds. The molecule has 0 saturated carbocycles. The SMILES string of the molecule is O/N=C/C1CCCc2cc(I)ccc21. The number of rotatable bonds is 1. The quantitative estimate of drug-likeness (QED) is 0.367. The van der Waals surface area contributed by atoms with Gasteiger partial charge in [-0.2, -0.15) is 0 Å². The number of oxime groups is 1. The number of aryl methyl sites for hydroxylation is 1. The van der Waals surface area contributed by atoms with E-state index in [4.69, 9.17) is 5.21 Å². The van der Waals surface area contributed by atoms with Crippen LogP contribution in [0.15, 0.2) is 23.4 Å². The second kappa shape index (κ2) is 4.29. The van der Waals surface area contributed by atoms with Crippen LogP contribution in [-0.2, 0) is 6.42 Å². The molecule has 14 heavy (non-hydrogen) atoms. The topological polar surface area (TPSA) is 32.6 Å².